The molecule has 0 amide bonds. The lowest BCUT2D eigenvalue weighted by Gasteiger charge is -2.00. The van der Waals surface area contributed by atoms with E-state index in [0.717, 1.165) is 9.99 Å². The number of benzene rings is 1. The molecule has 0 radical (unpaired) electrons. The Balaban J connectivity index is 3.07. The van der Waals surface area contributed by atoms with Crippen molar-refractivity contribution in [2.45, 2.75) is 11.4 Å². The van der Waals surface area contributed by atoms with Crippen LogP contribution in [0.4, 0.5) is 0 Å². The Kier molecular flexibility index (Phi) is 2.54. The third-order valence-corrected chi connectivity index (χ3v) is 2.29. The molecule has 0 bridgehead atoms. The van der Waals surface area contributed by atoms with Crippen LogP contribution < -0.4 is 0 Å². The van der Waals surface area contributed by atoms with Crippen LogP contribution >= 0.6 is 22.6 Å². The van der Waals surface area contributed by atoms with Crippen LogP contribution in [0.5, 0.6) is 5.75 Å². The first kappa shape index (κ1) is 7.85. The SMILES string of the molecule is Cc1cc(O)ccc1CI. The van der Waals surface area contributed by atoms with Gasteiger partial charge < -0.3 is 5.11 Å². The van der Waals surface area contributed by atoms with Gasteiger partial charge in [-0.15, -0.1) is 0 Å². The Morgan fingerprint density at radius 3 is 2.70 bits per heavy atom. The molecule has 2 heteroatoms. The zero-order valence-corrected chi connectivity index (χ0v) is 7.92. The highest BCUT2D eigenvalue weighted by molar-refractivity contribution is 14.1. The van der Waals surface area contributed by atoms with E-state index in [1.54, 1.807) is 12.1 Å². The minimum atomic E-state index is 0.353. The zero-order valence-electron chi connectivity index (χ0n) is 5.76. The van der Waals surface area contributed by atoms with Crippen molar-refractivity contribution in [2.24, 2.45) is 0 Å². The normalized spacial score (nSPS) is 9.80. The van der Waals surface area contributed by atoms with Gasteiger partial charge in [0.15, 0.2) is 0 Å². The summed E-state index contributed by atoms with van der Waals surface area (Å²) in [4.78, 5) is 0. The molecule has 0 aliphatic carbocycles. The molecule has 1 aromatic carbocycles. The van der Waals surface area contributed by atoms with Gasteiger partial charge in [0, 0.05) is 4.43 Å². The lowest BCUT2D eigenvalue weighted by atomic mass is 10.1. The summed E-state index contributed by atoms with van der Waals surface area (Å²) in [5.74, 6) is 0.353. The molecule has 1 nitrogen and oxygen atoms in total. The van der Waals surface area contributed by atoms with Crippen LogP contribution in [0.1, 0.15) is 11.1 Å². The van der Waals surface area contributed by atoms with Crippen LogP contribution in [0.15, 0.2) is 18.2 Å². The summed E-state index contributed by atoms with van der Waals surface area (Å²) in [5.41, 5.74) is 2.45. The van der Waals surface area contributed by atoms with Gasteiger partial charge in [0.1, 0.15) is 5.75 Å². The maximum absolute atomic E-state index is 9.03. The minimum absolute atomic E-state index is 0.353. The second-order valence-corrected chi connectivity index (χ2v) is 3.01. The van der Waals surface area contributed by atoms with Crippen molar-refractivity contribution in [3.05, 3.63) is 29.3 Å². The first-order chi connectivity index (χ1) is 4.74. The van der Waals surface area contributed by atoms with E-state index in [1.807, 2.05) is 13.0 Å². The van der Waals surface area contributed by atoms with E-state index in [0.29, 0.717) is 5.75 Å². The van der Waals surface area contributed by atoms with Gasteiger partial charge in [0.2, 0.25) is 0 Å². The van der Waals surface area contributed by atoms with Crippen LogP contribution in [0, 0.1) is 6.92 Å². The molecule has 0 spiro atoms. The highest BCUT2D eigenvalue weighted by atomic mass is 127. The molecule has 0 atom stereocenters. The Morgan fingerprint density at radius 2 is 2.20 bits per heavy atom. The molecule has 0 aromatic heterocycles. The highest BCUT2D eigenvalue weighted by Gasteiger charge is 1.95. The van der Waals surface area contributed by atoms with Crippen molar-refractivity contribution in [3.8, 4) is 5.75 Å². The number of rotatable bonds is 1. The summed E-state index contributed by atoms with van der Waals surface area (Å²) >= 11 is 2.31. The molecule has 0 aliphatic heterocycles. The average Bonchev–Trinajstić information content (AvgIpc) is 1.88. The fourth-order valence-corrected chi connectivity index (χ4v) is 1.69. The summed E-state index contributed by atoms with van der Waals surface area (Å²) < 4.78 is 1.00. The van der Waals surface area contributed by atoms with Crippen LogP contribution in [0.2, 0.25) is 0 Å². The number of hydrogen-bond donors (Lipinski definition) is 1. The van der Waals surface area contributed by atoms with E-state index in [2.05, 4.69) is 22.6 Å². The van der Waals surface area contributed by atoms with Gasteiger partial charge in [-0.3, -0.25) is 0 Å². The zero-order chi connectivity index (χ0) is 7.56. The highest BCUT2D eigenvalue weighted by Crippen LogP contribution is 2.17. The molecule has 0 fully saturated rings. The molecule has 1 N–H and O–H groups in total. The van der Waals surface area contributed by atoms with Crippen LogP contribution in [0.25, 0.3) is 0 Å². The van der Waals surface area contributed by atoms with Crippen LogP contribution in [-0.2, 0) is 4.43 Å². The molecular weight excluding hydrogens is 239 g/mol. The predicted octanol–water partition coefficient (Wildman–Crippen LogP) is 2.64. The van der Waals surface area contributed by atoms with Crippen molar-refractivity contribution < 1.29 is 5.11 Å². The smallest absolute Gasteiger partial charge is 0.115 e. The largest absolute Gasteiger partial charge is 0.508 e. The number of halogens is 1. The molecule has 0 aliphatic rings. The van der Waals surface area contributed by atoms with E-state index < -0.39 is 0 Å². The summed E-state index contributed by atoms with van der Waals surface area (Å²) in [5, 5.41) is 9.03. The lowest BCUT2D eigenvalue weighted by Crippen LogP contribution is -1.81. The summed E-state index contributed by atoms with van der Waals surface area (Å²) in [6, 6.07) is 5.46. The first-order valence-corrected chi connectivity index (χ1v) is 4.61. The minimum Gasteiger partial charge on any atom is -0.508 e. The maximum atomic E-state index is 9.03. The second kappa shape index (κ2) is 3.23. The number of aryl methyl sites for hydroxylation is 1. The van der Waals surface area contributed by atoms with E-state index in [1.165, 1.54) is 5.56 Å². The standard InChI is InChI=1S/C8H9IO/c1-6-4-8(10)3-2-7(6)5-9/h2-4,10H,5H2,1H3. The van der Waals surface area contributed by atoms with Crippen LogP contribution in [0.3, 0.4) is 0 Å². The molecule has 1 rings (SSSR count). The van der Waals surface area contributed by atoms with Crippen molar-refractivity contribution in [3.63, 3.8) is 0 Å². The van der Waals surface area contributed by atoms with Crippen molar-refractivity contribution in [2.75, 3.05) is 0 Å². The molecule has 0 heterocycles. The molecule has 0 unspecified atom stereocenters. The van der Waals surface area contributed by atoms with Gasteiger partial charge in [-0.1, -0.05) is 28.7 Å². The van der Waals surface area contributed by atoms with Gasteiger partial charge in [0.25, 0.3) is 0 Å². The Morgan fingerprint density at radius 1 is 1.50 bits per heavy atom. The fourth-order valence-electron chi connectivity index (χ4n) is 0.830. The first-order valence-electron chi connectivity index (χ1n) is 3.08. The topological polar surface area (TPSA) is 20.2 Å². The average molecular weight is 248 g/mol. The molecule has 10 heavy (non-hydrogen) atoms. The van der Waals surface area contributed by atoms with E-state index >= 15 is 0 Å². The summed E-state index contributed by atoms with van der Waals surface area (Å²) in [6.07, 6.45) is 0. The summed E-state index contributed by atoms with van der Waals surface area (Å²) in [7, 11) is 0. The van der Waals surface area contributed by atoms with E-state index in [-0.39, 0.29) is 0 Å². The monoisotopic (exact) mass is 248 g/mol. The number of aromatic hydroxyl groups is 1. The van der Waals surface area contributed by atoms with Gasteiger partial charge >= 0.3 is 0 Å². The molecule has 1 aromatic rings. The van der Waals surface area contributed by atoms with Gasteiger partial charge in [-0.25, -0.2) is 0 Å². The lowest BCUT2D eigenvalue weighted by molar-refractivity contribution is 0.474. The van der Waals surface area contributed by atoms with Gasteiger partial charge in [0.05, 0.1) is 0 Å². The fraction of sp³-hybridized carbons (Fsp3) is 0.250. The number of phenolic OH excluding ortho intramolecular Hbond substituents is 1. The molecule has 54 valence electrons. The van der Waals surface area contributed by atoms with Crippen LogP contribution in [-0.4, -0.2) is 5.11 Å². The Hall–Kier alpha value is -0.250. The number of alkyl halides is 1. The Labute approximate surface area is 74.2 Å². The third kappa shape index (κ3) is 1.62. The number of hydrogen-bond acceptors (Lipinski definition) is 1. The van der Waals surface area contributed by atoms with Crippen molar-refractivity contribution in [1.29, 1.82) is 0 Å². The van der Waals surface area contributed by atoms with E-state index in [9.17, 15) is 0 Å². The Bertz CT molecular complexity index is 233. The van der Waals surface area contributed by atoms with Crippen molar-refractivity contribution >= 4 is 22.6 Å². The molecular formula is C8H9IO. The van der Waals surface area contributed by atoms with Gasteiger partial charge in [-0.2, -0.15) is 0 Å². The van der Waals surface area contributed by atoms with E-state index in [4.69, 9.17) is 5.11 Å². The second-order valence-electron chi connectivity index (χ2n) is 2.24. The number of phenols is 1. The van der Waals surface area contributed by atoms with Crippen molar-refractivity contribution in [1.82, 2.24) is 0 Å². The predicted molar refractivity (Wildman–Crippen MR) is 50.6 cm³/mol. The molecule has 0 saturated carbocycles. The molecule has 0 saturated heterocycles. The summed E-state index contributed by atoms with van der Waals surface area (Å²) in [6.45, 7) is 2.01. The quantitative estimate of drug-likeness (QED) is 0.598. The van der Waals surface area contributed by atoms with Gasteiger partial charge in [-0.05, 0) is 30.2 Å². The third-order valence-electron chi connectivity index (χ3n) is 1.47. The maximum Gasteiger partial charge on any atom is 0.115 e.